The van der Waals surface area contributed by atoms with Gasteiger partial charge in [-0.15, -0.1) is 0 Å². The third-order valence-corrected chi connectivity index (χ3v) is 1.33. The molecule has 0 aromatic heterocycles. The van der Waals surface area contributed by atoms with Gasteiger partial charge in [0.2, 0.25) is 0 Å². The second kappa shape index (κ2) is 5.39. The average molecular weight is 176 g/mol. The van der Waals surface area contributed by atoms with Crippen molar-refractivity contribution in [3.05, 3.63) is 12.0 Å². The average Bonchev–Trinajstić information content (AvgIpc) is 1.84. The molecule has 1 atom stereocenters. The second-order valence-electron chi connectivity index (χ2n) is 2.91. The molecule has 0 aliphatic heterocycles. The van der Waals surface area contributed by atoms with Crippen LogP contribution in [0.1, 0.15) is 0 Å². The Bertz CT molecular complexity index is 134. The highest BCUT2D eigenvalue weighted by molar-refractivity contribution is 7.10. The van der Waals surface area contributed by atoms with Crippen LogP contribution in [0.25, 0.3) is 0 Å². The molecule has 0 radical (unpaired) electrons. The van der Waals surface area contributed by atoms with Gasteiger partial charge in [0.1, 0.15) is 5.76 Å². The van der Waals surface area contributed by atoms with Crippen molar-refractivity contribution in [1.82, 2.24) is 9.80 Å². The number of nitrogens with zero attached hydrogens (tertiary/aromatic N) is 2. The normalized spacial score (nSPS) is 12.0. The summed E-state index contributed by atoms with van der Waals surface area (Å²) in [6.07, 6.45) is 1.95. The summed E-state index contributed by atoms with van der Waals surface area (Å²) in [6, 6.07) is 0. The standard InChI is InChI=1S/C7H17N2OP/c1-8(2)5-7(10-11)6-9(3)4/h5H,6,11H2,1-4H3/b7-5-. The lowest BCUT2D eigenvalue weighted by molar-refractivity contribution is 0.352. The van der Waals surface area contributed by atoms with E-state index in [9.17, 15) is 0 Å². The molecule has 66 valence electrons. The first kappa shape index (κ1) is 10.7. The van der Waals surface area contributed by atoms with E-state index in [0.29, 0.717) is 0 Å². The number of likely N-dealkylation sites (N-methyl/N-ethyl adjacent to an activating group) is 1. The molecule has 0 aliphatic carbocycles. The van der Waals surface area contributed by atoms with Crippen molar-refractivity contribution in [3.63, 3.8) is 0 Å². The highest BCUT2D eigenvalue weighted by Gasteiger charge is 1.97. The Morgan fingerprint density at radius 3 is 2.18 bits per heavy atom. The van der Waals surface area contributed by atoms with E-state index in [1.165, 1.54) is 0 Å². The molecule has 11 heavy (non-hydrogen) atoms. The summed E-state index contributed by atoms with van der Waals surface area (Å²) < 4.78 is 5.07. The fourth-order valence-electron chi connectivity index (χ4n) is 0.708. The molecule has 0 saturated carbocycles. The molecule has 0 N–H and O–H groups in total. The zero-order valence-electron chi connectivity index (χ0n) is 7.66. The SMILES string of the molecule is CN(C)/C=C(/CN(C)C)OP. The Kier molecular flexibility index (Phi) is 5.26. The zero-order valence-corrected chi connectivity index (χ0v) is 8.82. The summed E-state index contributed by atoms with van der Waals surface area (Å²) in [5, 5.41) is 0. The third-order valence-electron chi connectivity index (χ3n) is 1.03. The van der Waals surface area contributed by atoms with Gasteiger partial charge in [-0.2, -0.15) is 0 Å². The predicted octanol–water partition coefficient (Wildman–Crippen LogP) is 0.758. The monoisotopic (exact) mass is 176 g/mol. The first-order chi connectivity index (χ1) is 5.06. The van der Waals surface area contributed by atoms with Crippen LogP contribution in [0.4, 0.5) is 0 Å². The van der Waals surface area contributed by atoms with Crippen molar-refractivity contribution in [2.45, 2.75) is 0 Å². The Balaban J connectivity index is 3.94. The molecule has 0 aromatic rings. The first-order valence-corrected chi connectivity index (χ1v) is 3.92. The molecule has 4 heteroatoms. The topological polar surface area (TPSA) is 15.7 Å². The van der Waals surface area contributed by atoms with Crippen LogP contribution in [-0.4, -0.2) is 44.5 Å². The molecule has 0 aliphatic rings. The summed E-state index contributed by atoms with van der Waals surface area (Å²) in [4.78, 5) is 4.02. The van der Waals surface area contributed by atoms with E-state index < -0.39 is 0 Å². The minimum Gasteiger partial charge on any atom is -0.482 e. The van der Waals surface area contributed by atoms with Gasteiger partial charge in [0, 0.05) is 20.3 Å². The van der Waals surface area contributed by atoms with E-state index >= 15 is 0 Å². The lowest BCUT2D eigenvalue weighted by Crippen LogP contribution is -2.17. The Morgan fingerprint density at radius 1 is 1.36 bits per heavy atom. The van der Waals surface area contributed by atoms with Gasteiger partial charge in [0.25, 0.3) is 0 Å². The zero-order chi connectivity index (χ0) is 8.85. The smallest absolute Gasteiger partial charge is 0.129 e. The summed E-state index contributed by atoms with van der Waals surface area (Å²) in [5.74, 6) is 0.935. The maximum Gasteiger partial charge on any atom is 0.129 e. The first-order valence-electron chi connectivity index (χ1n) is 3.45. The molecule has 0 rings (SSSR count). The maximum atomic E-state index is 5.07. The molecule has 0 heterocycles. The molecule has 1 unspecified atom stereocenters. The highest BCUT2D eigenvalue weighted by atomic mass is 31.0. The van der Waals surface area contributed by atoms with E-state index in [2.05, 4.69) is 14.4 Å². The van der Waals surface area contributed by atoms with Crippen molar-refractivity contribution >= 4 is 9.47 Å². The highest BCUT2D eigenvalue weighted by Crippen LogP contribution is 2.03. The van der Waals surface area contributed by atoms with Gasteiger partial charge in [0.15, 0.2) is 0 Å². The Hall–Kier alpha value is -0.270. The minimum absolute atomic E-state index is 0.821. The summed E-state index contributed by atoms with van der Waals surface area (Å²) >= 11 is 0. The molecule has 0 amide bonds. The maximum absolute atomic E-state index is 5.07. The largest absolute Gasteiger partial charge is 0.482 e. The van der Waals surface area contributed by atoms with Crippen LogP contribution in [0.15, 0.2) is 12.0 Å². The van der Waals surface area contributed by atoms with Gasteiger partial charge >= 0.3 is 0 Å². The predicted molar refractivity (Wildman–Crippen MR) is 51.1 cm³/mol. The van der Waals surface area contributed by atoms with Crippen LogP contribution in [0.2, 0.25) is 0 Å². The number of rotatable bonds is 4. The van der Waals surface area contributed by atoms with Gasteiger partial charge in [-0.1, -0.05) is 0 Å². The minimum atomic E-state index is 0.821. The van der Waals surface area contributed by atoms with Gasteiger partial charge in [-0.3, -0.25) is 0 Å². The third kappa shape index (κ3) is 6.14. The van der Waals surface area contributed by atoms with Crippen molar-refractivity contribution in [1.29, 1.82) is 0 Å². The Morgan fingerprint density at radius 2 is 1.91 bits per heavy atom. The molecular formula is C7H17N2OP. The quantitative estimate of drug-likeness (QED) is 0.464. The molecule has 0 bridgehead atoms. The van der Waals surface area contributed by atoms with Crippen LogP contribution in [0.3, 0.4) is 0 Å². The van der Waals surface area contributed by atoms with Gasteiger partial charge < -0.3 is 14.3 Å². The van der Waals surface area contributed by atoms with Gasteiger partial charge in [-0.05, 0) is 14.1 Å². The number of hydrogen-bond acceptors (Lipinski definition) is 3. The summed E-state index contributed by atoms with van der Waals surface area (Å²) in [7, 11) is 10.2. The van der Waals surface area contributed by atoms with E-state index in [4.69, 9.17) is 4.52 Å². The van der Waals surface area contributed by atoms with Crippen LogP contribution < -0.4 is 0 Å². The van der Waals surface area contributed by atoms with Crippen molar-refractivity contribution in [2.75, 3.05) is 34.7 Å². The van der Waals surface area contributed by atoms with E-state index in [0.717, 1.165) is 12.3 Å². The van der Waals surface area contributed by atoms with Crippen LogP contribution in [0.5, 0.6) is 0 Å². The lowest BCUT2D eigenvalue weighted by Gasteiger charge is -2.14. The van der Waals surface area contributed by atoms with E-state index in [-0.39, 0.29) is 0 Å². The van der Waals surface area contributed by atoms with Crippen LogP contribution in [-0.2, 0) is 4.52 Å². The van der Waals surface area contributed by atoms with Gasteiger partial charge in [0.05, 0.1) is 16.0 Å². The molecular weight excluding hydrogens is 159 g/mol. The Labute approximate surface area is 71.3 Å². The number of hydrogen-bond donors (Lipinski definition) is 0. The molecule has 0 aromatic carbocycles. The van der Waals surface area contributed by atoms with Crippen molar-refractivity contribution in [3.8, 4) is 0 Å². The fraction of sp³-hybridized carbons (Fsp3) is 0.714. The van der Waals surface area contributed by atoms with Crippen LogP contribution in [0, 0.1) is 0 Å². The summed E-state index contributed by atoms with van der Waals surface area (Å²) in [5.41, 5.74) is 0. The van der Waals surface area contributed by atoms with Crippen LogP contribution >= 0.6 is 9.47 Å². The molecule has 0 saturated heterocycles. The summed E-state index contributed by atoms with van der Waals surface area (Å²) in [6.45, 7) is 0.821. The molecule has 0 spiro atoms. The lowest BCUT2D eigenvalue weighted by atomic mass is 10.5. The van der Waals surface area contributed by atoms with Crippen molar-refractivity contribution in [2.24, 2.45) is 0 Å². The molecule has 3 nitrogen and oxygen atoms in total. The van der Waals surface area contributed by atoms with E-state index in [1.54, 1.807) is 0 Å². The molecule has 0 fully saturated rings. The fourth-order valence-corrected chi connectivity index (χ4v) is 0.844. The van der Waals surface area contributed by atoms with Crippen molar-refractivity contribution < 1.29 is 4.52 Å². The van der Waals surface area contributed by atoms with Gasteiger partial charge in [-0.25, -0.2) is 0 Å². The van der Waals surface area contributed by atoms with E-state index in [1.807, 2.05) is 39.3 Å². The second-order valence-corrected chi connectivity index (χ2v) is 3.15.